The Morgan fingerprint density at radius 1 is 1.18 bits per heavy atom. The SMILES string of the molecule is CCc1ccc(NS(=O)(=O)c2cc3c(cc2C)N(Cc2noc(C4CCC4)n2)C(=O)CO3)cc1. The van der Waals surface area contributed by atoms with E-state index in [4.69, 9.17) is 9.26 Å². The summed E-state index contributed by atoms with van der Waals surface area (Å²) in [6.07, 6.45) is 4.10. The lowest BCUT2D eigenvalue weighted by atomic mass is 9.85. The van der Waals surface area contributed by atoms with Crippen molar-refractivity contribution in [3.05, 3.63) is 59.2 Å². The molecule has 1 N–H and O–H groups in total. The highest BCUT2D eigenvalue weighted by atomic mass is 32.2. The fourth-order valence-electron chi connectivity index (χ4n) is 4.11. The summed E-state index contributed by atoms with van der Waals surface area (Å²) in [6.45, 7) is 3.65. The van der Waals surface area contributed by atoms with Gasteiger partial charge in [-0.3, -0.25) is 14.4 Å². The second-order valence-electron chi connectivity index (χ2n) is 8.69. The van der Waals surface area contributed by atoms with E-state index < -0.39 is 10.0 Å². The molecule has 1 aromatic heterocycles. The van der Waals surface area contributed by atoms with E-state index >= 15 is 0 Å². The molecule has 1 aliphatic carbocycles. The summed E-state index contributed by atoms with van der Waals surface area (Å²) in [4.78, 5) is 18.7. The molecule has 2 aromatic carbocycles. The second-order valence-corrected chi connectivity index (χ2v) is 10.3. The highest BCUT2D eigenvalue weighted by Crippen LogP contribution is 2.38. The normalized spacial score (nSPS) is 16.1. The number of nitrogens with zero attached hydrogens (tertiary/aromatic N) is 3. The molecule has 3 aromatic rings. The minimum atomic E-state index is -3.86. The average Bonchev–Trinajstić information content (AvgIpc) is 3.22. The average molecular weight is 483 g/mol. The summed E-state index contributed by atoms with van der Waals surface area (Å²) < 4.78 is 39.8. The van der Waals surface area contributed by atoms with Gasteiger partial charge in [0.15, 0.2) is 12.4 Å². The van der Waals surface area contributed by atoms with Gasteiger partial charge in [-0.15, -0.1) is 0 Å². The molecule has 2 heterocycles. The Hall–Kier alpha value is -3.40. The van der Waals surface area contributed by atoms with Gasteiger partial charge < -0.3 is 9.26 Å². The fraction of sp³-hybridized carbons (Fsp3) is 0.375. The molecule has 0 radical (unpaired) electrons. The number of amides is 1. The molecule has 1 aliphatic heterocycles. The first-order valence-electron chi connectivity index (χ1n) is 11.4. The molecule has 0 unspecified atom stereocenters. The van der Waals surface area contributed by atoms with Crippen molar-refractivity contribution in [2.75, 3.05) is 16.2 Å². The van der Waals surface area contributed by atoms with Gasteiger partial charge in [-0.25, -0.2) is 8.42 Å². The molecular formula is C24H26N4O5S. The summed E-state index contributed by atoms with van der Waals surface area (Å²) in [6, 6.07) is 10.4. The Labute approximate surface area is 198 Å². The van der Waals surface area contributed by atoms with E-state index in [1.165, 1.54) is 11.0 Å². The lowest BCUT2D eigenvalue weighted by Gasteiger charge is -2.29. The van der Waals surface area contributed by atoms with Gasteiger partial charge in [-0.05, 0) is 55.5 Å². The quantitative estimate of drug-likeness (QED) is 0.542. The zero-order valence-corrected chi connectivity index (χ0v) is 19.9. The maximum Gasteiger partial charge on any atom is 0.265 e. The van der Waals surface area contributed by atoms with Gasteiger partial charge in [0.1, 0.15) is 5.75 Å². The molecule has 0 atom stereocenters. The van der Waals surface area contributed by atoms with Crippen LogP contribution in [0.2, 0.25) is 0 Å². The number of benzene rings is 2. The van der Waals surface area contributed by atoms with Gasteiger partial charge in [0.25, 0.3) is 15.9 Å². The Balaban J connectivity index is 1.41. The first-order chi connectivity index (χ1) is 16.3. The van der Waals surface area contributed by atoms with Crippen molar-refractivity contribution in [3.8, 4) is 5.75 Å². The van der Waals surface area contributed by atoms with E-state index in [0.717, 1.165) is 31.2 Å². The van der Waals surface area contributed by atoms with Crippen molar-refractivity contribution >= 4 is 27.3 Å². The molecule has 2 aliphatic rings. The molecule has 0 spiro atoms. The van der Waals surface area contributed by atoms with Crippen LogP contribution in [-0.2, 0) is 27.8 Å². The molecule has 1 saturated carbocycles. The number of anilines is 2. The maximum atomic E-state index is 13.1. The van der Waals surface area contributed by atoms with Crippen molar-refractivity contribution in [3.63, 3.8) is 0 Å². The third-order valence-corrected chi connectivity index (χ3v) is 7.86. The Bertz CT molecular complexity index is 1330. The predicted molar refractivity (Wildman–Crippen MR) is 125 cm³/mol. The Morgan fingerprint density at radius 2 is 1.94 bits per heavy atom. The monoisotopic (exact) mass is 482 g/mol. The van der Waals surface area contributed by atoms with Crippen LogP contribution >= 0.6 is 0 Å². The van der Waals surface area contributed by atoms with E-state index in [2.05, 4.69) is 14.9 Å². The van der Waals surface area contributed by atoms with Crippen LogP contribution in [0.15, 0.2) is 45.8 Å². The summed E-state index contributed by atoms with van der Waals surface area (Å²) >= 11 is 0. The molecule has 0 bridgehead atoms. The molecule has 178 valence electrons. The van der Waals surface area contributed by atoms with Gasteiger partial charge in [0.2, 0.25) is 5.89 Å². The van der Waals surface area contributed by atoms with Crippen LogP contribution in [0.5, 0.6) is 5.75 Å². The van der Waals surface area contributed by atoms with E-state index in [0.29, 0.717) is 40.3 Å². The standard InChI is InChI=1S/C24H26N4O5S/c1-3-16-7-9-18(10-8-16)27-34(30,31)21-12-20-19(11-15(21)2)28(23(29)14-32-20)13-22-25-24(33-26-22)17-5-4-6-17/h7-12,17,27H,3-6,13-14H2,1-2H3. The zero-order chi connectivity index (χ0) is 23.9. The fourth-order valence-corrected chi connectivity index (χ4v) is 5.41. The van der Waals surface area contributed by atoms with Crippen molar-refractivity contribution < 1.29 is 22.5 Å². The number of hydrogen-bond donors (Lipinski definition) is 1. The Kier molecular flexibility index (Phi) is 5.76. The number of aryl methyl sites for hydroxylation is 2. The molecule has 9 nitrogen and oxygen atoms in total. The number of carbonyl (C=O) groups excluding carboxylic acids is 1. The number of aromatic nitrogens is 2. The number of hydrogen-bond acceptors (Lipinski definition) is 7. The predicted octanol–water partition coefficient (Wildman–Crippen LogP) is 3.93. The van der Waals surface area contributed by atoms with Crippen LogP contribution in [0.4, 0.5) is 11.4 Å². The highest BCUT2D eigenvalue weighted by Gasteiger charge is 2.31. The second kappa shape index (κ2) is 8.75. The van der Waals surface area contributed by atoms with Crippen LogP contribution in [-0.4, -0.2) is 31.1 Å². The number of rotatable bonds is 7. The number of fused-ring (bicyclic) bond motifs is 1. The number of nitrogens with one attached hydrogen (secondary N) is 1. The number of sulfonamides is 1. The summed E-state index contributed by atoms with van der Waals surface area (Å²) in [5.41, 5.74) is 2.57. The molecule has 1 amide bonds. The van der Waals surface area contributed by atoms with E-state index in [1.54, 1.807) is 25.1 Å². The first kappa shape index (κ1) is 22.4. The molecular weight excluding hydrogens is 456 g/mol. The maximum absolute atomic E-state index is 13.1. The molecule has 34 heavy (non-hydrogen) atoms. The van der Waals surface area contributed by atoms with Gasteiger partial charge in [-0.2, -0.15) is 4.98 Å². The third-order valence-electron chi connectivity index (χ3n) is 6.34. The number of carbonyl (C=O) groups is 1. The third kappa shape index (κ3) is 4.25. The van der Waals surface area contributed by atoms with Gasteiger partial charge in [0.05, 0.1) is 17.1 Å². The van der Waals surface area contributed by atoms with Gasteiger partial charge in [0, 0.05) is 17.7 Å². The van der Waals surface area contributed by atoms with Crippen molar-refractivity contribution in [2.24, 2.45) is 0 Å². The zero-order valence-electron chi connectivity index (χ0n) is 19.1. The number of ether oxygens (including phenoxy) is 1. The minimum Gasteiger partial charge on any atom is -0.482 e. The summed E-state index contributed by atoms with van der Waals surface area (Å²) in [5, 5.41) is 4.03. The minimum absolute atomic E-state index is 0.0898. The smallest absolute Gasteiger partial charge is 0.265 e. The van der Waals surface area contributed by atoms with Crippen LogP contribution in [0, 0.1) is 6.92 Å². The highest BCUT2D eigenvalue weighted by molar-refractivity contribution is 7.92. The lowest BCUT2D eigenvalue weighted by Crippen LogP contribution is -2.38. The lowest BCUT2D eigenvalue weighted by molar-refractivity contribution is -0.121. The van der Waals surface area contributed by atoms with Crippen LogP contribution in [0.3, 0.4) is 0 Å². The van der Waals surface area contributed by atoms with Gasteiger partial charge in [-0.1, -0.05) is 30.6 Å². The van der Waals surface area contributed by atoms with E-state index in [9.17, 15) is 13.2 Å². The van der Waals surface area contributed by atoms with Crippen molar-refractivity contribution in [1.29, 1.82) is 0 Å². The molecule has 5 rings (SSSR count). The molecule has 1 fully saturated rings. The molecule has 10 heteroatoms. The topological polar surface area (TPSA) is 115 Å². The van der Waals surface area contributed by atoms with Crippen LogP contribution < -0.4 is 14.4 Å². The van der Waals surface area contributed by atoms with Crippen LogP contribution in [0.25, 0.3) is 0 Å². The molecule has 0 saturated heterocycles. The summed E-state index contributed by atoms with van der Waals surface area (Å²) in [7, 11) is -3.86. The van der Waals surface area contributed by atoms with Crippen molar-refractivity contribution in [1.82, 2.24) is 10.1 Å². The first-order valence-corrected chi connectivity index (χ1v) is 12.8. The van der Waals surface area contributed by atoms with E-state index in [-0.39, 0.29) is 24.0 Å². The van der Waals surface area contributed by atoms with Gasteiger partial charge >= 0.3 is 0 Å². The van der Waals surface area contributed by atoms with Crippen LogP contribution in [0.1, 0.15) is 54.9 Å². The summed E-state index contributed by atoms with van der Waals surface area (Å²) in [5.74, 6) is 1.38. The van der Waals surface area contributed by atoms with E-state index in [1.807, 2.05) is 19.1 Å². The largest absolute Gasteiger partial charge is 0.482 e. The Morgan fingerprint density at radius 3 is 2.62 bits per heavy atom. The van der Waals surface area contributed by atoms with Crippen molar-refractivity contribution in [2.45, 2.75) is 56.9 Å².